The van der Waals surface area contributed by atoms with Crippen molar-refractivity contribution in [3.63, 3.8) is 0 Å². The summed E-state index contributed by atoms with van der Waals surface area (Å²) in [5.74, 6) is -0.180. The van der Waals surface area contributed by atoms with Crippen LogP contribution in [0.25, 0.3) is 0 Å². The van der Waals surface area contributed by atoms with Crippen LogP contribution in [0.2, 0.25) is 0 Å². The van der Waals surface area contributed by atoms with Gasteiger partial charge in [0, 0.05) is 58.1 Å². The van der Waals surface area contributed by atoms with Gasteiger partial charge >= 0.3 is 0 Å². The summed E-state index contributed by atoms with van der Waals surface area (Å²) in [7, 11) is 0. The molecular weight excluding hydrogens is 360 g/mol. The number of piperazine rings is 1. The Kier molecular flexibility index (Phi) is 5.10. The molecule has 4 heterocycles. The van der Waals surface area contributed by atoms with Crippen molar-refractivity contribution in [2.24, 2.45) is 5.92 Å². The second-order valence-corrected chi connectivity index (χ2v) is 7.13. The highest BCUT2D eigenvalue weighted by atomic mass is 16.3. The van der Waals surface area contributed by atoms with E-state index in [-0.39, 0.29) is 30.1 Å². The molecule has 2 aromatic heterocycles. The minimum Gasteiger partial charge on any atom is -0.459 e. The Morgan fingerprint density at radius 1 is 1.11 bits per heavy atom. The van der Waals surface area contributed by atoms with Gasteiger partial charge in [-0.2, -0.15) is 0 Å². The lowest BCUT2D eigenvalue weighted by Crippen LogP contribution is -2.52. The first-order valence-corrected chi connectivity index (χ1v) is 9.40. The molecule has 0 N–H and O–H groups in total. The standard InChI is InChI=1S/C20H22N4O4/c25-18-11-16(14-24(18)13-15-3-1-5-21-12-15)19(26)22-6-8-23(9-7-22)20(27)17-4-2-10-28-17/h1-5,10,12,16H,6-9,11,13-14H2. The molecule has 0 saturated carbocycles. The first kappa shape index (κ1) is 18.2. The summed E-state index contributed by atoms with van der Waals surface area (Å²) in [6.07, 6.45) is 5.14. The highest BCUT2D eigenvalue weighted by Gasteiger charge is 2.37. The Morgan fingerprint density at radius 2 is 1.89 bits per heavy atom. The summed E-state index contributed by atoms with van der Waals surface area (Å²) >= 11 is 0. The molecule has 8 nitrogen and oxygen atoms in total. The van der Waals surface area contributed by atoms with Crippen LogP contribution >= 0.6 is 0 Å². The third-order valence-corrected chi connectivity index (χ3v) is 5.27. The SMILES string of the molecule is O=C1CC(C(=O)N2CCN(C(=O)c3ccco3)CC2)CN1Cc1cccnc1. The molecule has 0 radical (unpaired) electrons. The molecule has 146 valence electrons. The van der Waals surface area contributed by atoms with Gasteiger partial charge in [-0.3, -0.25) is 19.4 Å². The molecule has 28 heavy (non-hydrogen) atoms. The van der Waals surface area contributed by atoms with Crippen molar-refractivity contribution in [3.8, 4) is 0 Å². The third kappa shape index (κ3) is 3.76. The lowest BCUT2D eigenvalue weighted by Gasteiger charge is -2.35. The zero-order valence-corrected chi connectivity index (χ0v) is 15.5. The fraction of sp³-hybridized carbons (Fsp3) is 0.400. The van der Waals surface area contributed by atoms with E-state index in [1.54, 1.807) is 39.2 Å². The van der Waals surface area contributed by atoms with Gasteiger partial charge in [0.15, 0.2) is 5.76 Å². The van der Waals surface area contributed by atoms with Crippen molar-refractivity contribution < 1.29 is 18.8 Å². The Hall–Kier alpha value is -3.16. The van der Waals surface area contributed by atoms with Crippen LogP contribution in [-0.2, 0) is 16.1 Å². The van der Waals surface area contributed by atoms with E-state index in [2.05, 4.69) is 4.98 Å². The van der Waals surface area contributed by atoms with E-state index in [1.807, 2.05) is 12.1 Å². The van der Waals surface area contributed by atoms with Crippen LogP contribution in [0, 0.1) is 5.92 Å². The second-order valence-electron chi connectivity index (χ2n) is 7.13. The van der Waals surface area contributed by atoms with Crippen molar-refractivity contribution in [2.75, 3.05) is 32.7 Å². The Labute approximate surface area is 162 Å². The number of pyridine rings is 1. The molecule has 2 fully saturated rings. The monoisotopic (exact) mass is 382 g/mol. The number of hydrogen-bond acceptors (Lipinski definition) is 5. The van der Waals surface area contributed by atoms with E-state index in [1.165, 1.54) is 6.26 Å². The van der Waals surface area contributed by atoms with Crippen LogP contribution < -0.4 is 0 Å². The number of hydrogen-bond donors (Lipinski definition) is 0. The zero-order chi connectivity index (χ0) is 19.5. The smallest absolute Gasteiger partial charge is 0.289 e. The van der Waals surface area contributed by atoms with Gasteiger partial charge in [0.25, 0.3) is 5.91 Å². The average Bonchev–Trinajstić information content (AvgIpc) is 3.38. The van der Waals surface area contributed by atoms with Gasteiger partial charge in [-0.25, -0.2) is 0 Å². The molecule has 0 aliphatic carbocycles. The molecule has 8 heteroatoms. The highest BCUT2D eigenvalue weighted by Crippen LogP contribution is 2.23. The van der Waals surface area contributed by atoms with Crippen molar-refractivity contribution in [3.05, 3.63) is 54.2 Å². The first-order chi connectivity index (χ1) is 13.6. The van der Waals surface area contributed by atoms with Crippen LogP contribution in [0.1, 0.15) is 22.5 Å². The Morgan fingerprint density at radius 3 is 2.57 bits per heavy atom. The predicted octanol–water partition coefficient (Wildman–Crippen LogP) is 1.01. The molecule has 2 saturated heterocycles. The normalized spacial score (nSPS) is 19.9. The second kappa shape index (κ2) is 7.84. The quantitative estimate of drug-likeness (QED) is 0.788. The molecule has 2 aromatic rings. The fourth-order valence-corrected chi connectivity index (χ4v) is 3.75. The number of furan rings is 1. The van der Waals surface area contributed by atoms with Crippen LogP contribution in [0.15, 0.2) is 47.3 Å². The van der Waals surface area contributed by atoms with Crippen LogP contribution in [0.5, 0.6) is 0 Å². The molecule has 0 bridgehead atoms. The molecule has 3 amide bonds. The van der Waals surface area contributed by atoms with Crippen molar-refractivity contribution in [1.82, 2.24) is 19.7 Å². The van der Waals surface area contributed by atoms with Gasteiger partial charge in [0.05, 0.1) is 12.2 Å². The predicted molar refractivity (Wildman–Crippen MR) is 99.0 cm³/mol. The zero-order valence-electron chi connectivity index (χ0n) is 15.5. The number of nitrogens with zero attached hydrogens (tertiary/aromatic N) is 4. The molecule has 2 aliphatic rings. The Balaban J connectivity index is 1.31. The lowest BCUT2D eigenvalue weighted by atomic mass is 10.1. The largest absolute Gasteiger partial charge is 0.459 e. The molecule has 4 rings (SSSR count). The molecule has 0 spiro atoms. The molecule has 1 atom stereocenters. The minimum atomic E-state index is -0.323. The number of likely N-dealkylation sites (tertiary alicyclic amines) is 1. The molecular formula is C20H22N4O4. The van der Waals surface area contributed by atoms with E-state index < -0.39 is 0 Å². The molecule has 0 aromatic carbocycles. The van der Waals surface area contributed by atoms with E-state index in [9.17, 15) is 14.4 Å². The van der Waals surface area contributed by atoms with E-state index in [4.69, 9.17) is 4.42 Å². The van der Waals surface area contributed by atoms with Gasteiger partial charge in [-0.15, -0.1) is 0 Å². The van der Waals surface area contributed by atoms with Crippen molar-refractivity contribution in [1.29, 1.82) is 0 Å². The number of rotatable bonds is 4. The number of carbonyl (C=O) groups is 3. The third-order valence-electron chi connectivity index (χ3n) is 5.27. The summed E-state index contributed by atoms with van der Waals surface area (Å²) < 4.78 is 5.16. The van der Waals surface area contributed by atoms with Gasteiger partial charge in [-0.1, -0.05) is 6.07 Å². The minimum absolute atomic E-state index is 0.00571. The lowest BCUT2D eigenvalue weighted by molar-refractivity contribution is -0.137. The maximum Gasteiger partial charge on any atom is 0.289 e. The van der Waals surface area contributed by atoms with E-state index in [0.29, 0.717) is 45.0 Å². The van der Waals surface area contributed by atoms with E-state index in [0.717, 1.165) is 5.56 Å². The number of aromatic nitrogens is 1. The summed E-state index contributed by atoms with van der Waals surface area (Å²) in [4.78, 5) is 46.7. The first-order valence-electron chi connectivity index (χ1n) is 9.40. The average molecular weight is 382 g/mol. The van der Waals surface area contributed by atoms with E-state index >= 15 is 0 Å². The Bertz CT molecular complexity index is 844. The topological polar surface area (TPSA) is 87.0 Å². The molecule has 2 aliphatic heterocycles. The summed E-state index contributed by atoms with van der Waals surface area (Å²) in [6.45, 7) is 2.77. The van der Waals surface area contributed by atoms with Gasteiger partial charge in [0.1, 0.15) is 0 Å². The summed E-state index contributed by atoms with van der Waals surface area (Å²) in [5, 5.41) is 0. The van der Waals surface area contributed by atoms with Crippen LogP contribution in [-0.4, -0.2) is 70.1 Å². The van der Waals surface area contributed by atoms with Crippen LogP contribution in [0.3, 0.4) is 0 Å². The van der Waals surface area contributed by atoms with Crippen molar-refractivity contribution in [2.45, 2.75) is 13.0 Å². The maximum absolute atomic E-state index is 12.9. The van der Waals surface area contributed by atoms with Gasteiger partial charge in [-0.05, 0) is 23.8 Å². The summed E-state index contributed by atoms with van der Waals surface area (Å²) in [6, 6.07) is 7.08. The summed E-state index contributed by atoms with van der Waals surface area (Å²) in [5.41, 5.74) is 0.953. The fourth-order valence-electron chi connectivity index (χ4n) is 3.75. The van der Waals surface area contributed by atoms with Crippen LogP contribution in [0.4, 0.5) is 0 Å². The number of carbonyl (C=O) groups excluding carboxylic acids is 3. The maximum atomic E-state index is 12.9. The van der Waals surface area contributed by atoms with Gasteiger partial charge < -0.3 is 19.1 Å². The molecule has 1 unspecified atom stereocenters. The number of amides is 3. The van der Waals surface area contributed by atoms with Crippen molar-refractivity contribution >= 4 is 17.7 Å². The highest BCUT2D eigenvalue weighted by molar-refractivity contribution is 5.92. The van der Waals surface area contributed by atoms with Gasteiger partial charge in [0.2, 0.25) is 11.8 Å².